The Morgan fingerprint density at radius 2 is 1.93 bits per heavy atom. The Morgan fingerprint density at radius 3 is 2.64 bits per heavy atom. The van der Waals surface area contributed by atoms with Crippen molar-refractivity contribution in [3.05, 3.63) is 34.4 Å². The average molecular weight is 190 g/mol. The third kappa shape index (κ3) is 1.46. The predicted molar refractivity (Wildman–Crippen MR) is 58.5 cm³/mol. The number of aryl methyl sites for hydroxylation is 2. The summed E-state index contributed by atoms with van der Waals surface area (Å²) in [6.45, 7) is 6.51. The lowest BCUT2D eigenvalue weighted by atomic mass is 9.79. The van der Waals surface area contributed by atoms with Crippen LogP contribution in [-0.4, -0.2) is 5.11 Å². The predicted octanol–water partition coefficient (Wildman–Crippen LogP) is 3.23. The third-order valence-electron chi connectivity index (χ3n) is 3.29. The van der Waals surface area contributed by atoms with E-state index < -0.39 is 0 Å². The highest BCUT2D eigenvalue weighted by atomic mass is 16.3. The molecule has 1 aromatic carbocycles. The van der Waals surface area contributed by atoms with E-state index in [1.165, 1.54) is 22.3 Å². The van der Waals surface area contributed by atoms with Gasteiger partial charge in [0.2, 0.25) is 0 Å². The van der Waals surface area contributed by atoms with E-state index >= 15 is 0 Å². The van der Waals surface area contributed by atoms with Crippen LogP contribution in [0.2, 0.25) is 0 Å². The van der Waals surface area contributed by atoms with Crippen LogP contribution in [0.4, 0.5) is 0 Å². The molecule has 0 aliphatic heterocycles. The summed E-state index contributed by atoms with van der Waals surface area (Å²) in [5, 5.41) is 9.93. The van der Waals surface area contributed by atoms with Gasteiger partial charge in [-0.25, -0.2) is 0 Å². The number of hydrogen-bond donors (Lipinski definition) is 1. The molecule has 0 saturated heterocycles. The van der Waals surface area contributed by atoms with Crippen molar-refractivity contribution in [1.29, 1.82) is 0 Å². The number of rotatable bonds is 0. The van der Waals surface area contributed by atoms with Gasteiger partial charge in [-0.05, 0) is 49.3 Å². The van der Waals surface area contributed by atoms with Crippen molar-refractivity contribution in [1.82, 2.24) is 0 Å². The summed E-state index contributed by atoms with van der Waals surface area (Å²) >= 11 is 0. The molecule has 1 aromatic rings. The first-order chi connectivity index (χ1) is 6.59. The lowest BCUT2D eigenvalue weighted by Crippen LogP contribution is -2.14. The first-order valence-electron chi connectivity index (χ1n) is 5.38. The van der Waals surface area contributed by atoms with Gasteiger partial charge in [0, 0.05) is 0 Å². The van der Waals surface area contributed by atoms with Crippen LogP contribution in [0.25, 0.3) is 0 Å². The van der Waals surface area contributed by atoms with Crippen molar-refractivity contribution in [3.63, 3.8) is 0 Å². The van der Waals surface area contributed by atoms with E-state index in [2.05, 4.69) is 32.9 Å². The Labute approximate surface area is 85.8 Å². The summed E-state index contributed by atoms with van der Waals surface area (Å²) < 4.78 is 0. The minimum Gasteiger partial charge on any atom is -0.388 e. The van der Waals surface area contributed by atoms with Crippen LogP contribution in [0, 0.1) is 13.8 Å². The highest BCUT2D eigenvalue weighted by molar-refractivity contribution is 5.43. The van der Waals surface area contributed by atoms with Crippen LogP contribution in [0.15, 0.2) is 12.1 Å². The van der Waals surface area contributed by atoms with Crippen molar-refractivity contribution in [3.8, 4) is 0 Å². The van der Waals surface area contributed by atoms with Gasteiger partial charge in [0.1, 0.15) is 0 Å². The van der Waals surface area contributed by atoms with Crippen molar-refractivity contribution in [2.24, 2.45) is 0 Å². The first kappa shape index (κ1) is 9.72. The van der Waals surface area contributed by atoms with Crippen LogP contribution in [0.1, 0.15) is 54.0 Å². The monoisotopic (exact) mass is 190 g/mol. The van der Waals surface area contributed by atoms with Gasteiger partial charge in [-0.15, -0.1) is 0 Å². The zero-order valence-electron chi connectivity index (χ0n) is 9.17. The quantitative estimate of drug-likeness (QED) is 0.666. The molecule has 76 valence electrons. The zero-order chi connectivity index (χ0) is 10.3. The number of aliphatic hydroxyl groups excluding tert-OH is 1. The molecule has 1 heteroatoms. The van der Waals surface area contributed by atoms with Gasteiger partial charge in [-0.2, -0.15) is 0 Å². The Hall–Kier alpha value is -0.820. The largest absolute Gasteiger partial charge is 0.388 e. The van der Waals surface area contributed by atoms with E-state index in [9.17, 15) is 5.11 Å². The minimum atomic E-state index is -0.236. The first-order valence-corrected chi connectivity index (χ1v) is 5.38. The maximum absolute atomic E-state index is 9.93. The van der Waals surface area contributed by atoms with Gasteiger partial charge < -0.3 is 5.11 Å². The Morgan fingerprint density at radius 1 is 1.21 bits per heavy atom. The Kier molecular flexibility index (Phi) is 2.36. The summed E-state index contributed by atoms with van der Waals surface area (Å²) in [6.07, 6.45) is 1.79. The van der Waals surface area contributed by atoms with E-state index in [1.807, 2.05) is 0 Å². The molecule has 1 N–H and O–H groups in total. The standard InChI is InChI=1S/C13H18O/c1-8-6-10(3)13-9(2)4-5-12(14)11(13)7-8/h6-7,9,12,14H,4-5H2,1-3H3/t9?,12-/m0/s1. The smallest absolute Gasteiger partial charge is 0.0793 e. The molecule has 1 unspecified atom stereocenters. The molecule has 0 aromatic heterocycles. The second-order valence-corrected chi connectivity index (χ2v) is 4.58. The molecule has 1 aliphatic rings. The van der Waals surface area contributed by atoms with Gasteiger partial charge in [0.05, 0.1) is 6.10 Å². The second kappa shape index (κ2) is 3.39. The number of aliphatic hydroxyl groups is 1. The molecule has 2 atom stereocenters. The van der Waals surface area contributed by atoms with Crippen LogP contribution in [0.5, 0.6) is 0 Å². The molecule has 0 spiro atoms. The van der Waals surface area contributed by atoms with E-state index in [4.69, 9.17) is 0 Å². The average Bonchev–Trinajstić information content (AvgIpc) is 2.10. The molecule has 0 radical (unpaired) electrons. The van der Waals surface area contributed by atoms with E-state index in [0.29, 0.717) is 5.92 Å². The lowest BCUT2D eigenvalue weighted by molar-refractivity contribution is 0.151. The molecule has 0 amide bonds. The van der Waals surface area contributed by atoms with Gasteiger partial charge in [-0.1, -0.05) is 24.6 Å². The fraction of sp³-hybridized carbons (Fsp3) is 0.538. The molecular weight excluding hydrogens is 172 g/mol. The highest BCUT2D eigenvalue weighted by Crippen LogP contribution is 2.39. The van der Waals surface area contributed by atoms with Gasteiger partial charge in [-0.3, -0.25) is 0 Å². The Balaban J connectivity index is 2.60. The van der Waals surface area contributed by atoms with Gasteiger partial charge in [0.15, 0.2) is 0 Å². The molecular formula is C13H18O. The molecule has 0 bridgehead atoms. The molecule has 0 saturated carbocycles. The summed E-state index contributed by atoms with van der Waals surface area (Å²) in [4.78, 5) is 0. The van der Waals surface area contributed by atoms with Gasteiger partial charge in [0.25, 0.3) is 0 Å². The molecule has 1 aliphatic carbocycles. The van der Waals surface area contributed by atoms with Crippen LogP contribution < -0.4 is 0 Å². The fourth-order valence-corrected chi connectivity index (χ4v) is 2.67. The summed E-state index contributed by atoms with van der Waals surface area (Å²) in [7, 11) is 0. The SMILES string of the molecule is Cc1cc(C)c2c(c1)[C@@H](O)CCC2C. The van der Waals surface area contributed by atoms with Crippen molar-refractivity contribution >= 4 is 0 Å². The lowest BCUT2D eigenvalue weighted by Gasteiger charge is -2.28. The number of fused-ring (bicyclic) bond motifs is 1. The van der Waals surface area contributed by atoms with Gasteiger partial charge >= 0.3 is 0 Å². The van der Waals surface area contributed by atoms with E-state index in [-0.39, 0.29) is 6.10 Å². The topological polar surface area (TPSA) is 20.2 Å². The van der Waals surface area contributed by atoms with Crippen LogP contribution >= 0.6 is 0 Å². The highest BCUT2D eigenvalue weighted by Gasteiger charge is 2.24. The van der Waals surface area contributed by atoms with Crippen molar-refractivity contribution in [2.75, 3.05) is 0 Å². The van der Waals surface area contributed by atoms with Crippen LogP contribution in [-0.2, 0) is 0 Å². The molecule has 2 rings (SSSR count). The molecule has 0 fully saturated rings. The van der Waals surface area contributed by atoms with E-state index in [1.54, 1.807) is 0 Å². The minimum absolute atomic E-state index is 0.236. The van der Waals surface area contributed by atoms with Crippen molar-refractivity contribution in [2.45, 2.75) is 45.6 Å². The van der Waals surface area contributed by atoms with E-state index in [0.717, 1.165) is 12.8 Å². The summed E-state index contributed by atoms with van der Waals surface area (Å²) in [5.74, 6) is 0.606. The normalized spacial score (nSPS) is 26.0. The number of hydrogen-bond acceptors (Lipinski definition) is 1. The second-order valence-electron chi connectivity index (χ2n) is 4.58. The van der Waals surface area contributed by atoms with Crippen LogP contribution in [0.3, 0.4) is 0 Å². The summed E-state index contributed by atoms with van der Waals surface area (Å²) in [5.41, 5.74) is 5.15. The third-order valence-corrected chi connectivity index (χ3v) is 3.29. The maximum atomic E-state index is 9.93. The molecule has 1 nitrogen and oxygen atoms in total. The summed E-state index contributed by atoms with van der Waals surface area (Å²) in [6, 6.07) is 4.36. The van der Waals surface area contributed by atoms with Crippen molar-refractivity contribution < 1.29 is 5.11 Å². The fourth-order valence-electron chi connectivity index (χ4n) is 2.67. The zero-order valence-corrected chi connectivity index (χ0v) is 9.17. The Bertz CT molecular complexity index is 354. The molecule has 0 heterocycles. The number of benzene rings is 1. The molecule has 14 heavy (non-hydrogen) atoms. The maximum Gasteiger partial charge on any atom is 0.0793 e.